The number of thiophene rings is 1. The van der Waals surface area contributed by atoms with Gasteiger partial charge < -0.3 is 14.6 Å². The van der Waals surface area contributed by atoms with Gasteiger partial charge in [-0.15, -0.1) is 11.3 Å². The molecule has 0 aliphatic heterocycles. The van der Waals surface area contributed by atoms with Crippen molar-refractivity contribution in [2.75, 3.05) is 12.4 Å². The molecule has 3 rings (SSSR count). The Morgan fingerprint density at radius 3 is 2.42 bits per heavy atom. The van der Waals surface area contributed by atoms with Gasteiger partial charge in [-0.05, 0) is 50.6 Å². The van der Waals surface area contributed by atoms with Crippen molar-refractivity contribution in [3.63, 3.8) is 0 Å². The standard InChI is InChI=1S/C18H17N3O4S/c1-9-10(2)26-17(14(9)18(23)24-4)20-15(22)12-5-7-13(8-6-12)16-19-11(3)21-25-16/h5-8H,1-4H3,(H,20,22). The lowest BCUT2D eigenvalue weighted by Crippen LogP contribution is -2.14. The van der Waals surface area contributed by atoms with Crippen LogP contribution in [-0.2, 0) is 4.74 Å². The molecule has 2 aromatic heterocycles. The molecule has 1 aromatic carbocycles. The molecule has 0 saturated heterocycles. The monoisotopic (exact) mass is 371 g/mol. The maximum absolute atomic E-state index is 12.5. The number of aromatic nitrogens is 2. The second-order valence-corrected chi connectivity index (χ2v) is 6.88. The van der Waals surface area contributed by atoms with Crippen LogP contribution < -0.4 is 5.32 Å². The number of anilines is 1. The molecule has 0 aliphatic rings. The zero-order valence-electron chi connectivity index (χ0n) is 14.7. The Morgan fingerprint density at radius 2 is 1.85 bits per heavy atom. The zero-order chi connectivity index (χ0) is 18.8. The highest BCUT2D eigenvalue weighted by Crippen LogP contribution is 2.33. The van der Waals surface area contributed by atoms with Crippen LogP contribution in [0.5, 0.6) is 0 Å². The Balaban J connectivity index is 1.83. The van der Waals surface area contributed by atoms with Crippen LogP contribution in [0.1, 0.15) is 37.0 Å². The molecule has 0 saturated carbocycles. The van der Waals surface area contributed by atoms with Crippen molar-refractivity contribution in [3.05, 3.63) is 51.7 Å². The summed E-state index contributed by atoms with van der Waals surface area (Å²) in [4.78, 5) is 29.6. The van der Waals surface area contributed by atoms with E-state index in [0.717, 1.165) is 16.0 Å². The molecule has 134 valence electrons. The molecule has 0 spiro atoms. The molecule has 0 unspecified atom stereocenters. The number of nitrogens with zero attached hydrogens (tertiary/aromatic N) is 2. The smallest absolute Gasteiger partial charge is 0.341 e. The maximum Gasteiger partial charge on any atom is 0.341 e. The summed E-state index contributed by atoms with van der Waals surface area (Å²) in [5, 5.41) is 7.02. The molecule has 1 N–H and O–H groups in total. The number of rotatable bonds is 4. The molecule has 0 atom stereocenters. The normalized spacial score (nSPS) is 10.6. The van der Waals surface area contributed by atoms with Crippen LogP contribution in [0.2, 0.25) is 0 Å². The van der Waals surface area contributed by atoms with E-state index < -0.39 is 5.97 Å². The summed E-state index contributed by atoms with van der Waals surface area (Å²) in [7, 11) is 1.32. The average Bonchev–Trinajstić information content (AvgIpc) is 3.18. The van der Waals surface area contributed by atoms with Crippen LogP contribution >= 0.6 is 11.3 Å². The van der Waals surface area contributed by atoms with E-state index in [0.29, 0.717) is 27.8 Å². The van der Waals surface area contributed by atoms with E-state index in [4.69, 9.17) is 9.26 Å². The topological polar surface area (TPSA) is 94.3 Å². The highest BCUT2D eigenvalue weighted by Gasteiger charge is 2.22. The lowest BCUT2D eigenvalue weighted by molar-refractivity contribution is 0.0601. The summed E-state index contributed by atoms with van der Waals surface area (Å²) in [6.45, 7) is 5.46. The summed E-state index contributed by atoms with van der Waals surface area (Å²) in [5.74, 6) is 0.154. The quantitative estimate of drug-likeness (QED) is 0.702. The van der Waals surface area contributed by atoms with Gasteiger partial charge in [-0.1, -0.05) is 5.16 Å². The molecular weight excluding hydrogens is 354 g/mol. The second kappa shape index (κ2) is 7.09. The van der Waals surface area contributed by atoms with Crippen LogP contribution in [0.4, 0.5) is 5.00 Å². The number of amides is 1. The third kappa shape index (κ3) is 3.36. The highest BCUT2D eigenvalue weighted by atomic mass is 32.1. The second-order valence-electron chi connectivity index (χ2n) is 5.66. The van der Waals surface area contributed by atoms with Gasteiger partial charge in [0.05, 0.1) is 12.7 Å². The number of esters is 1. The van der Waals surface area contributed by atoms with E-state index >= 15 is 0 Å². The van der Waals surface area contributed by atoms with E-state index in [9.17, 15) is 9.59 Å². The fourth-order valence-corrected chi connectivity index (χ4v) is 3.46. The minimum absolute atomic E-state index is 0.315. The molecule has 0 fully saturated rings. The lowest BCUT2D eigenvalue weighted by atomic mass is 10.1. The number of ether oxygens (including phenoxy) is 1. The molecule has 26 heavy (non-hydrogen) atoms. The number of aryl methyl sites for hydroxylation is 2. The van der Waals surface area contributed by atoms with E-state index in [-0.39, 0.29) is 5.91 Å². The maximum atomic E-state index is 12.5. The number of nitrogens with one attached hydrogen (secondary N) is 1. The van der Waals surface area contributed by atoms with Gasteiger partial charge in [-0.2, -0.15) is 4.98 Å². The van der Waals surface area contributed by atoms with Crippen molar-refractivity contribution in [2.45, 2.75) is 20.8 Å². The first-order chi connectivity index (χ1) is 12.4. The Hall–Kier alpha value is -3.00. The number of carbonyl (C=O) groups excluding carboxylic acids is 2. The molecule has 1 amide bonds. The zero-order valence-corrected chi connectivity index (χ0v) is 15.6. The summed E-state index contributed by atoms with van der Waals surface area (Å²) >= 11 is 1.34. The molecule has 3 aromatic rings. The summed E-state index contributed by atoms with van der Waals surface area (Å²) in [5.41, 5.74) is 2.37. The van der Waals surface area contributed by atoms with Crippen molar-refractivity contribution in [3.8, 4) is 11.5 Å². The van der Waals surface area contributed by atoms with Crippen molar-refractivity contribution in [2.24, 2.45) is 0 Å². The van der Waals surface area contributed by atoms with Gasteiger partial charge in [-0.25, -0.2) is 4.79 Å². The molecule has 0 aliphatic carbocycles. The predicted molar refractivity (Wildman–Crippen MR) is 97.6 cm³/mol. The van der Waals surface area contributed by atoms with Crippen molar-refractivity contribution >= 4 is 28.2 Å². The van der Waals surface area contributed by atoms with Crippen LogP contribution in [-0.4, -0.2) is 29.1 Å². The number of methoxy groups -OCH3 is 1. The van der Waals surface area contributed by atoms with Gasteiger partial charge in [0, 0.05) is 16.0 Å². The fourth-order valence-electron chi connectivity index (χ4n) is 2.42. The van der Waals surface area contributed by atoms with E-state index in [1.807, 2.05) is 13.8 Å². The van der Waals surface area contributed by atoms with Crippen molar-refractivity contribution in [1.29, 1.82) is 0 Å². The fraction of sp³-hybridized carbons (Fsp3) is 0.222. The minimum Gasteiger partial charge on any atom is -0.465 e. The number of carbonyl (C=O) groups is 2. The summed E-state index contributed by atoms with van der Waals surface area (Å²) < 4.78 is 9.92. The van der Waals surface area contributed by atoms with Crippen molar-refractivity contribution in [1.82, 2.24) is 10.1 Å². The molecular formula is C18H17N3O4S. The SMILES string of the molecule is COC(=O)c1c(NC(=O)c2ccc(-c3nc(C)no3)cc2)sc(C)c1C. The lowest BCUT2D eigenvalue weighted by Gasteiger charge is -2.06. The summed E-state index contributed by atoms with van der Waals surface area (Å²) in [6.07, 6.45) is 0. The van der Waals surface area contributed by atoms with Crippen LogP contribution in [0, 0.1) is 20.8 Å². The molecule has 8 heteroatoms. The van der Waals surface area contributed by atoms with Gasteiger partial charge in [0.1, 0.15) is 5.00 Å². The Morgan fingerprint density at radius 1 is 1.15 bits per heavy atom. The number of hydrogen-bond donors (Lipinski definition) is 1. The summed E-state index contributed by atoms with van der Waals surface area (Å²) in [6, 6.07) is 6.78. The molecule has 0 radical (unpaired) electrons. The third-order valence-corrected chi connectivity index (χ3v) is 5.05. The van der Waals surface area contributed by atoms with E-state index in [1.165, 1.54) is 18.4 Å². The minimum atomic E-state index is -0.468. The first-order valence-electron chi connectivity index (χ1n) is 7.81. The predicted octanol–water partition coefficient (Wildman–Crippen LogP) is 3.76. The van der Waals surface area contributed by atoms with Gasteiger partial charge in [0.25, 0.3) is 11.8 Å². The largest absolute Gasteiger partial charge is 0.465 e. The molecule has 0 bridgehead atoms. The van der Waals surface area contributed by atoms with Crippen molar-refractivity contribution < 1.29 is 18.8 Å². The van der Waals surface area contributed by atoms with Crippen LogP contribution in [0.3, 0.4) is 0 Å². The Labute approximate surface area is 154 Å². The molecule has 7 nitrogen and oxygen atoms in total. The third-order valence-electron chi connectivity index (χ3n) is 3.92. The van der Waals surface area contributed by atoms with E-state index in [2.05, 4.69) is 15.5 Å². The Kier molecular flexibility index (Phi) is 4.85. The van der Waals surface area contributed by atoms with Gasteiger partial charge in [0.2, 0.25) is 0 Å². The number of benzene rings is 1. The first kappa shape index (κ1) is 17.8. The van der Waals surface area contributed by atoms with Gasteiger partial charge in [-0.3, -0.25) is 4.79 Å². The average molecular weight is 371 g/mol. The first-order valence-corrected chi connectivity index (χ1v) is 8.62. The van der Waals surface area contributed by atoms with Crippen LogP contribution in [0.25, 0.3) is 11.5 Å². The molecule has 2 heterocycles. The van der Waals surface area contributed by atoms with Gasteiger partial charge in [0.15, 0.2) is 5.82 Å². The highest BCUT2D eigenvalue weighted by molar-refractivity contribution is 7.16. The van der Waals surface area contributed by atoms with E-state index in [1.54, 1.807) is 31.2 Å². The number of hydrogen-bond acceptors (Lipinski definition) is 7. The van der Waals surface area contributed by atoms with Gasteiger partial charge >= 0.3 is 5.97 Å². The van der Waals surface area contributed by atoms with Crippen LogP contribution in [0.15, 0.2) is 28.8 Å². The Bertz CT molecular complexity index is 973.